The van der Waals surface area contributed by atoms with Crippen LogP contribution in [0.1, 0.15) is 122 Å². The second kappa shape index (κ2) is 19.7. The van der Waals surface area contributed by atoms with Crippen LogP contribution in [0.5, 0.6) is 11.8 Å². The van der Waals surface area contributed by atoms with Crippen LogP contribution in [0.25, 0.3) is 28.0 Å². The Kier molecular flexibility index (Phi) is 15.1. The van der Waals surface area contributed by atoms with Gasteiger partial charge in [-0.1, -0.05) is 71.9 Å². The van der Waals surface area contributed by atoms with Gasteiger partial charge in [-0.3, -0.25) is 9.98 Å². The fourth-order valence-electron chi connectivity index (χ4n) is 8.13. The van der Waals surface area contributed by atoms with Crippen molar-refractivity contribution >= 4 is 45.2 Å². The molecule has 0 saturated heterocycles. The number of aliphatic imine (C=N–C) groups is 2. The average Bonchev–Trinajstić information content (AvgIpc) is 3.40. The third-order valence-corrected chi connectivity index (χ3v) is 10.9. The summed E-state index contributed by atoms with van der Waals surface area (Å²) in [6.45, 7) is 18.0. The van der Waals surface area contributed by atoms with Gasteiger partial charge in [0.25, 0.3) is 0 Å². The van der Waals surface area contributed by atoms with Gasteiger partial charge >= 0.3 is 6.01 Å². The lowest BCUT2D eigenvalue weighted by Crippen LogP contribution is -2.33. The molecular weight excluding hydrogens is 714 g/mol. The van der Waals surface area contributed by atoms with Crippen molar-refractivity contribution in [1.82, 2.24) is 14.9 Å². The first-order valence-electron chi connectivity index (χ1n) is 21.2. The van der Waals surface area contributed by atoms with E-state index in [1.807, 2.05) is 45.0 Å². The summed E-state index contributed by atoms with van der Waals surface area (Å²) >= 11 is 0. The summed E-state index contributed by atoms with van der Waals surface area (Å²) in [5, 5.41) is 12.6. The smallest absolute Gasteiger partial charge is 0.318 e. The van der Waals surface area contributed by atoms with E-state index in [9.17, 15) is 5.11 Å². The number of nitrogens with two attached hydrogens (primary N) is 1. The molecule has 1 atom stereocenters. The summed E-state index contributed by atoms with van der Waals surface area (Å²) in [6.07, 6.45) is 15.4. The van der Waals surface area contributed by atoms with Crippen molar-refractivity contribution in [2.24, 2.45) is 21.1 Å². The maximum absolute atomic E-state index is 15.5. The van der Waals surface area contributed by atoms with Crippen molar-refractivity contribution in [2.75, 3.05) is 51.8 Å². The molecule has 1 aromatic heterocycles. The third kappa shape index (κ3) is 10.7. The van der Waals surface area contributed by atoms with Crippen molar-refractivity contribution in [2.45, 2.75) is 112 Å². The Balaban J connectivity index is 1.76. The molecule has 3 aromatic rings. The molecule has 1 aliphatic carbocycles. The molecule has 0 fully saturated rings. The first-order valence-corrected chi connectivity index (χ1v) is 21.2. The number of rotatable bonds is 17. The number of benzene rings is 2. The van der Waals surface area contributed by atoms with Gasteiger partial charge in [-0.25, -0.2) is 4.39 Å². The molecule has 0 bridgehead atoms. The van der Waals surface area contributed by atoms with Gasteiger partial charge in [-0.05, 0) is 113 Å². The van der Waals surface area contributed by atoms with Crippen LogP contribution < -0.4 is 15.4 Å². The topological polar surface area (TPSA) is 112 Å². The molecule has 2 heterocycles. The maximum atomic E-state index is 15.5. The Morgan fingerprint density at radius 2 is 1.86 bits per heavy atom. The summed E-state index contributed by atoms with van der Waals surface area (Å²) < 4.78 is 22.3. The lowest BCUT2D eigenvalue weighted by molar-refractivity contribution is 0.126. The summed E-state index contributed by atoms with van der Waals surface area (Å²) in [5.74, 6) is 0.585. The van der Waals surface area contributed by atoms with E-state index in [2.05, 4.69) is 45.6 Å². The number of likely N-dealkylation sites (N-methyl/N-ethyl adjacent to an activating group) is 1. The van der Waals surface area contributed by atoms with E-state index in [0.717, 1.165) is 95.5 Å². The van der Waals surface area contributed by atoms with Gasteiger partial charge in [-0.2, -0.15) is 9.97 Å². The molecule has 1 unspecified atom stereocenters. The van der Waals surface area contributed by atoms with Gasteiger partial charge in [0.05, 0.1) is 35.8 Å². The number of halogens is 1. The summed E-state index contributed by atoms with van der Waals surface area (Å²) in [5.41, 5.74) is 13.4. The number of hydrogen-bond donors (Lipinski definition) is 2. The Morgan fingerprint density at radius 1 is 1.11 bits per heavy atom. The molecule has 2 aliphatic rings. The largest absolute Gasteiger partial charge is 0.508 e. The summed E-state index contributed by atoms with van der Waals surface area (Å²) in [7, 11) is 4.01. The summed E-state index contributed by atoms with van der Waals surface area (Å²) in [6, 6.07) is 6.91. The van der Waals surface area contributed by atoms with E-state index in [4.69, 9.17) is 30.4 Å². The van der Waals surface area contributed by atoms with Crippen LogP contribution in [-0.4, -0.2) is 84.3 Å². The van der Waals surface area contributed by atoms with Crippen LogP contribution in [-0.2, 0) is 6.42 Å². The van der Waals surface area contributed by atoms with Gasteiger partial charge in [0.1, 0.15) is 17.4 Å². The van der Waals surface area contributed by atoms with Crippen LogP contribution in [0, 0.1) is 11.2 Å². The minimum Gasteiger partial charge on any atom is -0.508 e. The number of aromatic hydroxyl groups is 1. The lowest BCUT2D eigenvalue weighted by atomic mass is 9.81. The number of unbranched alkanes of at least 4 members (excludes halogenated alkanes) is 3. The molecule has 1 aliphatic heterocycles. The highest BCUT2D eigenvalue weighted by Gasteiger charge is 2.33. The standard InChI is InChI=1S/C47H66FN7O2/c1-10-14-16-21-47(7,20-15-11-2)30-57-46-52-41-27-39(38-26-35(56)24-32-18-19-40(48)36(12-3)42(32)38)44(51-31(5)6)37(13-4)43(41)45(53-46)55-23-17-22-50-34(29-55)25-33(49)28-54(8)9/h13,18-19,24-27,31,56H,10-12,14-17,20-23,28-30,49H2,1-9H3/b33-25-,37-13-,51-44?. The van der Waals surface area contributed by atoms with Crippen LogP contribution in [0.2, 0.25) is 0 Å². The molecule has 3 N–H and O–H groups in total. The van der Waals surface area contributed by atoms with Crippen LogP contribution in [0.4, 0.5) is 10.2 Å². The van der Waals surface area contributed by atoms with Gasteiger partial charge < -0.3 is 25.4 Å². The number of aromatic nitrogens is 2. The van der Waals surface area contributed by atoms with E-state index >= 15 is 4.39 Å². The zero-order chi connectivity index (χ0) is 41.3. The first-order chi connectivity index (χ1) is 27.3. The zero-order valence-electron chi connectivity index (χ0n) is 36.0. The van der Waals surface area contributed by atoms with Crippen molar-refractivity contribution in [3.63, 3.8) is 0 Å². The Labute approximate surface area is 340 Å². The van der Waals surface area contributed by atoms with Gasteiger partial charge in [-0.15, -0.1) is 0 Å². The second-order valence-electron chi connectivity index (χ2n) is 16.7. The van der Waals surface area contributed by atoms with Crippen LogP contribution in [0.3, 0.4) is 0 Å². The Morgan fingerprint density at radius 3 is 2.54 bits per heavy atom. The van der Waals surface area contributed by atoms with Crippen LogP contribution >= 0.6 is 0 Å². The van der Waals surface area contributed by atoms with E-state index in [-0.39, 0.29) is 23.0 Å². The lowest BCUT2D eigenvalue weighted by Gasteiger charge is -2.32. The summed E-state index contributed by atoms with van der Waals surface area (Å²) in [4.78, 5) is 25.0. The molecule has 10 heteroatoms. The molecule has 0 amide bonds. The van der Waals surface area contributed by atoms with Crippen molar-refractivity contribution < 1.29 is 14.2 Å². The molecular formula is C47H66FN7O2. The SMILES string of the molecule is C/C=C1\C(=NC(C)C)C(c2cc(O)cc3ccc(F)c(CC)c23)=Cc2nc(OCC(C)(CCCC)CCCCC)nc(N3CCCN=C(/C=C(\N)CN(C)C)C3)c21. The van der Waals surface area contributed by atoms with Crippen LogP contribution in [0.15, 0.2) is 52.1 Å². The molecule has 0 saturated carbocycles. The maximum Gasteiger partial charge on any atom is 0.318 e. The molecule has 9 nitrogen and oxygen atoms in total. The number of hydrogen-bond acceptors (Lipinski definition) is 9. The van der Waals surface area contributed by atoms with E-state index in [1.54, 1.807) is 18.2 Å². The number of fused-ring (bicyclic) bond motifs is 2. The van der Waals surface area contributed by atoms with E-state index in [1.165, 1.54) is 18.9 Å². The molecule has 5 rings (SSSR count). The minimum absolute atomic E-state index is 0.0184. The van der Waals surface area contributed by atoms with Crippen molar-refractivity contribution in [3.05, 3.63) is 70.3 Å². The molecule has 0 spiro atoms. The first kappa shape index (κ1) is 43.6. The monoisotopic (exact) mass is 780 g/mol. The fraction of sp³-hybridized carbons (Fsp3) is 0.532. The predicted octanol–water partition coefficient (Wildman–Crippen LogP) is 10.1. The second-order valence-corrected chi connectivity index (χ2v) is 16.7. The number of anilines is 1. The minimum atomic E-state index is -0.272. The number of phenolic OH excluding ortho intramolecular Hbond substituents is 1. The molecule has 2 aromatic carbocycles. The Hall–Kier alpha value is -4.57. The predicted molar refractivity (Wildman–Crippen MR) is 238 cm³/mol. The average molecular weight is 780 g/mol. The Bertz CT molecular complexity index is 2050. The quantitative estimate of drug-likeness (QED) is 0.131. The van der Waals surface area contributed by atoms with Gasteiger partial charge in [0.2, 0.25) is 0 Å². The normalized spacial score (nSPS) is 17.6. The van der Waals surface area contributed by atoms with Crippen molar-refractivity contribution in [1.29, 1.82) is 0 Å². The van der Waals surface area contributed by atoms with Gasteiger partial charge in [0.15, 0.2) is 0 Å². The van der Waals surface area contributed by atoms with Crippen molar-refractivity contribution in [3.8, 4) is 11.8 Å². The highest BCUT2D eigenvalue weighted by atomic mass is 19.1. The number of ether oxygens (including phenoxy) is 1. The molecule has 0 radical (unpaired) electrons. The van der Waals surface area contributed by atoms with E-state index in [0.29, 0.717) is 55.5 Å². The number of nitrogens with zero attached hydrogens (tertiary/aromatic N) is 6. The van der Waals surface area contributed by atoms with Gasteiger partial charge in [0, 0.05) is 47.9 Å². The zero-order valence-corrected chi connectivity index (χ0v) is 36.0. The molecule has 308 valence electrons. The number of aryl methyl sites for hydroxylation is 1. The highest BCUT2D eigenvalue weighted by molar-refractivity contribution is 6.50. The molecule has 57 heavy (non-hydrogen) atoms. The fourth-order valence-corrected chi connectivity index (χ4v) is 8.13. The van der Waals surface area contributed by atoms with E-state index < -0.39 is 0 Å². The highest BCUT2D eigenvalue weighted by Crippen LogP contribution is 2.44. The number of phenols is 1. The third-order valence-electron chi connectivity index (χ3n) is 10.9. The number of allylic oxidation sites excluding steroid dienone is 3.